The summed E-state index contributed by atoms with van der Waals surface area (Å²) in [5, 5.41) is 0. The van der Waals surface area contributed by atoms with Crippen LogP contribution < -0.4 is 0 Å². The largest absolute Gasteiger partial charge is 0.462 e. The Morgan fingerprint density at radius 3 is 2.17 bits per heavy atom. The molecule has 0 fully saturated rings. The third-order valence-corrected chi connectivity index (χ3v) is 2.60. The van der Waals surface area contributed by atoms with Crippen LogP contribution in [0.4, 0.5) is 0 Å². The van der Waals surface area contributed by atoms with Gasteiger partial charge in [-0.1, -0.05) is 34.1 Å². The molecule has 4 heteroatoms. The molecule has 0 aliphatic heterocycles. The molecule has 0 aliphatic rings. The molecule has 0 spiro atoms. The number of carbonyl (C=O) groups excluding carboxylic acids is 2. The van der Waals surface area contributed by atoms with Crippen LogP contribution in [0.5, 0.6) is 0 Å². The highest BCUT2D eigenvalue weighted by Crippen LogP contribution is 2.16. The minimum atomic E-state index is -1.21. The van der Waals surface area contributed by atoms with E-state index in [0.29, 0.717) is 12.5 Å². The van der Waals surface area contributed by atoms with E-state index in [-0.39, 0.29) is 5.92 Å². The lowest BCUT2D eigenvalue weighted by molar-refractivity contribution is -0.181. The lowest BCUT2D eigenvalue weighted by Gasteiger charge is -2.24. The van der Waals surface area contributed by atoms with Gasteiger partial charge in [-0.3, -0.25) is 4.79 Å². The van der Waals surface area contributed by atoms with Crippen molar-refractivity contribution >= 4 is 11.9 Å². The van der Waals surface area contributed by atoms with Crippen molar-refractivity contribution in [2.24, 2.45) is 11.8 Å². The first-order chi connectivity index (χ1) is 8.20. The first-order valence-electron chi connectivity index (χ1n) is 6.60. The van der Waals surface area contributed by atoms with Gasteiger partial charge in [0.15, 0.2) is 0 Å². The van der Waals surface area contributed by atoms with Gasteiger partial charge in [0.1, 0.15) is 0 Å². The number of ether oxygens (including phenoxy) is 2. The van der Waals surface area contributed by atoms with Gasteiger partial charge >= 0.3 is 11.9 Å². The Morgan fingerprint density at radius 2 is 1.72 bits per heavy atom. The van der Waals surface area contributed by atoms with Crippen LogP contribution in [0.1, 0.15) is 54.4 Å². The monoisotopic (exact) mass is 258 g/mol. The van der Waals surface area contributed by atoms with E-state index in [9.17, 15) is 9.59 Å². The molecule has 18 heavy (non-hydrogen) atoms. The van der Waals surface area contributed by atoms with Crippen molar-refractivity contribution in [3.05, 3.63) is 0 Å². The fraction of sp³-hybridized carbons (Fsp3) is 0.857. The molecule has 0 aromatic heterocycles. The first kappa shape index (κ1) is 16.9. The van der Waals surface area contributed by atoms with E-state index in [1.807, 2.05) is 6.92 Å². The highest BCUT2D eigenvalue weighted by atomic mass is 16.6. The van der Waals surface area contributed by atoms with Crippen LogP contribution in [0.2, 0.25) is 0 Å². The Labute approximate surface area is 110 Å². The van der Waals surface area contributed by atoms with Gasteiger partial charge in [0.05, 0.1) is 12.5 Å². The van der Waals surface area contributed by atoms with Gasteiger partial charge in [0.25, 0.3) is 0 Å². The van der Waals surface area contributed by atoms with Gasteiger partial charge < -0.3 is 9.47 Å². The highest BCUT2D eigenvalue weighted by molar-refractivity contribution is 5.83. The zero-order chi connectivity index (χ0) is 14.3. The van der Waals surface area contributed by atoms with Crippen molar-refractivity contribution in [2.45, 2.75) is 60.0 Å². The maximum atomic E-state index is 11.8. The number of hydrogen-bond acceptors (Lipinski definition) is 4. The van der Waals surface area contributed by atoms with Crippen LogP contribution in [0, 0.1) is 11.8 Å². The summed E-state index contributed by atoms with van der Waals surface area (Å²) in [4.78, 5) is 23.3. The molecule has 0 saturated carbocycles. The Bertz CT molecular complexity index is 282. The standard InChI is InChI=1S/C14H26O4/c1-7-8-11(4)9-17-13(16)14(5,6)18-12(15)10(2)3/h10-11H,7-9H2,1-6H3. The second-order valence-electron chi connectivity index (χ2n) is 5.58. The molecule has 0 radical (unpaired) electrons. The van der Waals surface area contributed by atoms with E-state index in [1.165, 1.54) is 0 Å². The molecule has 0 aliphatic carbocycles. The summed E-state index contributed by atoms with van der Waals surface area (Å²) in [6.07, 6.45) is 2.07. The number of esters is 2. The van der Waals surface area contributed by atoms with Crippen molar-refractivity contribution in [3.63, 3.8) is 0 Å². The SMILES string of the molecule is CCCC(C)COC(=O)C(C)(C)OC(=O)C(C)C. The summed E-state index contributed by atoms with van der Waals surface area (Å²) in [7, 11) is 0. The molecular formula is C14H26O4. The molecule has 4 nitrogen and oxygen atoms in total. The molecule has 0 rings (SSSR count). The van der Waals surface area contributed by atoms with Crippen molar-refractivity contribution in [1.82, 2.24) is 0 Å². The molecule has 0 aromatic rings. The van der Waals surface area contributed by atoms with Crippen LogP contribution >= 0.6 is 0 Å². The Kier molecular flexibility index (Phi) is 6.96. The van der Waals surface area contributed by atoms with Crippen LogP contribution in [-0.4, -0.2) is 24.1 Å². The van der Waals surface area contributed by atoms with Crippen LogP contribution in [0.15, 0.2) is 0 Å². The minimum Gasteiger partial charge on any atom is -0.462 e. The van der Waals surface area contributed by atoms with Gasteiger partial charge in [-0.25, -0.2) is 4.79 Å². The fourth-order valence-corrected chi connectivity index (χ4v) is 1.38. The summed E-state index contributed by atoms with van der Waals surface area (Å²) < 4.78 is 10.3. The van der Waals surface area contributed by atoms with Gasteiger partial charge in [0, 0.05) is 0 Å². The molecule has 1 unspecified atom stereocenters. The predicted molar refractivity (Wildman–Crippen MR) is 70.0 cm³/mol. The molecule has 0 saturated heterocycles. The van der Waals surface area contributed by atoms with Crippen molar-refractivity contribution in [1.29, 1.82) is 0 Å². The van der Waals surface area contributed by atoms with Crippen molar-refractivity contribution in [3.8, 4) is 0 Å². The predicted octanol–water partition coefficient (Wildman–Crippen LogP) is 2.94. The topological polar surface area (TPSA) is 52.6 Å². The van der Waals surface area contributed by atoms with Crippen LogP contribution in [-0.2, 0) is 19.1 Å². The van der Waals surface area contributed by atoms with E-state index < -0.39 is 17.5 Å². The lowest BCUT2D eigenvalue weighted by Crippen LogP contribution is -2.40. The average Bonchev–Trinajstić information content (AvgIpc) is 2.25. The molecule has 0 aromatic carbocycles. The molecule has 0 N–H and O–H groups in total. The molecule has 0 heterocycles. The third kappa shape index (κ3) is 6.03. The Morgan fingerprint density at radius 1 is 1.17 bits per heavy atom. The second kappa shape index (κ2) is 7.39. The Hall–Kier alpha value is -1.06. The normalized spacial score (nSPS) is 13.3. The lowest BCUT2D eigenvalue weighted by atomic mass is 10.1. The van der Waals surface area contributed by atoms with Gasteiger partial charge in [0.2, 0.25) is 5.60 Å². The first-order valence-corrected chi connectivity index (χ1v) is 6.60. The van der Waals surface area contributed by atoms with Crippen LogP contribution in [0.3, 0.4) is 0 Å². The summed E-state index contributed by atoms with van der Waals surface area (Å²) in [6, 6.07) is 0. The zero-order valence-corrected chi connectivity index (χ0v) is 12.4. The van der Waals surface area contributed by atoms with Gasteiger partial charge in [-0.2, -0.15) is 0 Å². The summed E-state index contributed by atoms with van der Waals surface area (Å²) >= 11 is 0. The zero-order valence-electron chi connectivity index (χ0n) is 12.4. The maximum Gasteiger partial charge on any atom is 0.350 e. The second-order valence-corrected chi connectivity index (χ2v) is 5.58. The fourth-order valence-electron chi connectivity index (χ4n) is 1.38. The Balaban J connectivity index is 4.26. The van der Waals surface area contributed by atoms with E-state index in [1.54, 1.807) is 27.7 Å². The molecule has 0 amide bonds. The van der Waals surface area contributed by atoms with Gasteiger partial charge in [-0.15, -0.1) is 0 Å². The smallest absolute Gasteiger partial charge is 0.350 e. The van der Waals surface area contributed by atoms with E-state index in [4.69, 9.17) is 9.47 Å². The number of carbonyl (C=O) groups is 2. The highest BCUT2D eigenvalue weighted by Gasteiger charge is 2.34. The van der Waals surface area contributed by atoms with Gasteiger partial charge in [-0.05, 0) is 26.2 Å². The van der Waals surface area contributed by atoms with Crippen molar-refractivity contribution < 1.29 is 19.1 Å². The summed E-state index contributed by atoms with van der Waals surface area (Å²) in [5.74, 6) is -0.801. The summed E-state index contributed by atoms with van der Waals surface area (Å²) in [5.41, 5.74) is -1.21. The van der Waals surface area contributed by atoms with Crippen LogP contribution in [0.25, 0.3) is 0 Å². The van der Waals surface area contributed by atoms with E-state index in [0.717, 1.165) is 12.8 Å². The maximum absolute atomic E-state index is 11.8. The van der Waals surface area contributed by atoms with E-state index in [2.05, 4.69) is 6.92 Å². The van der Waals surface area contributed by atoms with E-state index >= 15 is 0 Å². The summed E-state index contributed by atoms with van der Waals surface area (Å²) in [6.45, 7) is 11.1. The molecule has 1 atom stereocenters. The van der Waals surface area contributed by atoms with Crippen molar-refractivity contribution in [2.75, 3.05) is 6.61 Å². The third-order valence-electron chi connectivity index (χ3n) is 2.60. The molecule has 0 bridgehead atoms. The number of hydrogen-bond donors (Lipinski definition) is 0. The number of rotatable bonds is 7. The molecular weight excluding hydrogens is 232 g/mol. The minimum absolute atomic E-state index is 0.254. The average molecular weight is 258 g/mol. The molecule has 106 valence electrons. The quantitative estimate of drug-likeness (QED) is 0.659.